The number of nitrogens with one attached hydrogen (secondary N) is 2. The molecule has 0 aliphatic carbocycles. The van der Waals surface area contributed by atoms with Crippen molar-refractivity contribution in [3.05, 3.63) is 48.0 Å². The van der Waals surface area contributed by atoms with Gasteiger partial charge in [0.25, 0.3) is 5.78 Å². The second kappa shape index (κ2) is 12.6. The topological polar surface area (TPSA) is 81.8 Å². The standard InChI is InChI=1S/C25H31F3N4O3S/c1-17(20-9-5-7-18-6-3-4-8-21(18)20)31-12-10-19(11-13-31)32(36-2)16-24(35)30-15-23(34)29-14-22(33)25(26,27)28/h3-9,17,19H,10-16H2,1-2H3,(H,29,34)(H,30,35). The van der Waals surface area contributed by atoms with Gasteiger partial charge >= 0.3 is 6.18 Å². The number of likely N-dealkylation sites (tertiary alicyclic amines) is 1. The van der Waals surface area contributed by atoms with Crippen LogP contribution in [0.25, 0.3) is 10.8 Å². The van der Waals surface area contributed by atoms with Crippen molar-refractivity contribution in [2.75, 3.05) is 39.0 Å². The van der Waals surface area contributed by atoms with Crippen molar-refractivity contribution in [3.63, 3.8) is 0 Å². The van der Waals surface area contributed by atoms with E-state index in [0.29, 0.717) is 0 Å². The van der Waals surface area contributed by atoms with Gasteiger partial charge in [-0.25, -0.2) is 4.31 Å². The molecule has 1 atom stereocenters. The first-order chi connectivity index (χ1) is 17.1. The Balaban J connectivity index is 1.46. The minimum atomic E-state index is -5.00. The van der Waals surface area contributed by atoms with Crippen LogP contribution in [0, 0.1) is 0 Å². The monoisotopic (exact) mass is 524 g/mol. The number of carbonyl (C=O) groups excluding carboxylic acids is 3. The largest absolute Gasteiger partial charge is 0.451 e. The highest BCUT2D eigenvalue weighted by Crippen LogP contribution is 2.31. The third-order valence-electron chi connectivity index (χ3n) is 6.47. The first kappa shape index (κ1) is 27.9. The van der Waals surface area contributed by atoms with E-state index in [2.05, 4.69) is 53.5 Å². The fourth-order valence-corrected chi connectivity index (χ4v) is 5.19. The molecular formula is C25H31F3N4O3S. The first-order valence-electron chi connectivity index (χ1n) is 11.8. The molecule has 11 heteroatoms. The summed E-state index contributed by atoms with van der Waals surface area (Å²) in [6.07, 6.45) is -1.36. The Morgan fingerprint density at radius 1 is 1.03 bits per heavy atom. The number of amides is 2. The molecule has 2 amide bonds. The Hall–Kier alpha value is -2.63. The van der Waals surface area contributed by atoms with Crippen LogP contribution >= 0.6 is 11.9 Å². The fourth-order valence-electron chi connectivity index (χ4n) is 4.43. The lowest BCUT2D eigenvalue weighted by Crippen LogP contribution is -2.47. The number of ketones is 1. The minimum Gasteiger partial charge on any atom is -0.347 e. The Kier molecular flexibility index (Phi) is 9.75. The lowest BCUT2D eigenvalue weighted by atomic mass is 9.96. The summed E-state index contributed by atoms with van der Waals surface area (Å²) in [5, 5.41) is 6.75. The lowest BCUT2D eigenvalue weighted by molar-refractivity contribution is -0.170. The molecule has 0 spiro atoms. The highest BCUT2D eigenvalue weighted by molar-refractivity contribution is 7.96. The highest BCUT2D eigenvalue weighted by atomic mass is 32.2. The number of piperidine rings is 1. The van der Waals surface area contributed by atoms with Gasteiger partial charge in [0.15, 0.2) is 0 Å². The Bertz CT molecular complexity index is 1070. The summed E-state index contributed by atoms with van der Waals surface area (Å²) in [6.45, 7) is 2.39. The second-order valence-electron chi connectivity index (χ2n) is 8.74. The predicted octanol–water partition coefficient (Wildman–Crippen LogP) is 3.31. The van der Waals surface area contributed by atoms with Crippen molar-refractivity contribution in [3.8, 4) is 0 Å². The molecule has 7 nitrogen and oxygen atoms in total. The van der Waals surface area contributed by atoms with Crippen LogP contribution in [0.1, 0.15) is 31.4 Å². The SMILES string of the molecule is CSN(CC(=O)NCC(=O)NCC(=O)C(F)(F)F)C1CCN(C(C)c2cccc3ccccc23)CC1. The van der Waals surface area contributed by atoms with E-state index in [-0.39, 0.29) is 18.6 Å². The predicted molar refractivity (Wildman–Crippen MR) is 134 cm³/mol. The number of fused-ring (bicyclic) bond motifs is 1. The van der Waals surface area contributed by atoms with Gasteiger partial charge in [-0.05, 0) is 42.4 Å². The molecule has 0 bridgehead atoms. The number of carbonyl (C=O) groups is 3. The quantitative estimate of drug-likeness (QED) is 0.465. The number of hydrogen-bond acceptors (Lipinski definition) is 6. The Labute approximate surface area is 212 Å². The zero-order valence-electron chi connectivity index (χ0n) is 20.3. The molecule has 0 radical (unpaired) electrons. The third kappa shape index (κ3) is 7.44. The molecule has 36 heavy (non-hydrogen) atoms. The molecule has 2 aromatic carbocycles. The molecule has 1 unspecified atom stereocenters. The van der Waals surface area contributed by atoms with E-state index in [1.807, 2.05) is 21.9 Å². The number of hydrogen-bond donors (Lipinski definition) is 2. The smallest absolute Gasteiger partial charge is 0.347 e. The van der Waals surface area contributed by atoms with Crippen LogP contribution in [-0.4, -0.2) is 78.0 Å². The Morgan fingerprint density at radius 3 is 2.33 bits per heavy atom. The summed E-state index contributed by atoms with van der Waals surface area (Å²) in [5.41, 5.74) is 1.29. The van der Waals surface area contributed by atoms with Gasteiger partial charge in [0.05, 0.1) is 19.6 Å². The van der Waals surface area contributed by atoms with E-state index < -0.39 is 36.9 Å². The molecule has 2 N–H and O–H groups in total. The molecule has 1 aliphatic heterocycles. The van der Waals surface area contributed by atoms with Crippen molar-refractivity contribution in [1.82, 2.24) is 19.8 Å². The maximum absolute atomic E-state index is 12.3. The van der Waals surface area contributed by atoms with E-state index in [9.17, 15) is 27.6 Å². The average Bonchev–Trinajstić information content (AvgIpc) is 2.88. The zero-order chi connectivity index (χ0) is 26.3. The van der Waals surface area contributed by atoms with Gasteiger partial charge in [-0.3, -0.25) is 19.3 Å². The van der Waals surface area contributed by atoms with Crippen molar-refractivity contribution in [2.24, 2.45) is 0 Å². The van der Waals surface area contributed by atoms with E-state index in [0.717, 1.165) is 25.9 Å². The number of rotatable bonds is 10. The minimum absolute atomic E-state index is 0.0550. The maximum Gasteiger partial charge on any atom is 0.451 e. The normalized spacial score (nSPS) is 16.2. The van der Waals surface area contributed by atoms with Gasteiger partial charge in [-0.2, -0.15) is 13.2 Å². The molecule has 196 valence electrons. The van der Waals surface area contributed by atoms with Gasteiger partial charge in [0.1, 0.15) is 0 Å². The fraction of sp³-hybridized carbons (Fsp3) is 0.480. The second-order valence-corrected chi connectivity index (χ2v) is 9.58. The molecule has 1 aliphatic rings. The van der Waals surface area contributed by atoms with Gasteiger partial charge in [0.2, 0.25) is 11.8 Å². The van der Waals surface area contributed by atoms with Crippen LogP contribution in [0.3, 0.4) is 0 Å². The van der Waals surface area contributed by atoms with E-state index in [1.54, 1.807) is 0 Å². The van der Waals surface area contributed by atoms with Gasteiger partial charge in [-0.1, -0.05) is 54.4 Å². The van der Waals surface area contributed by atoms with Crippen LogP contribution in [0.4, 0.5) is 13.2 Å². The molecule has 1 saturated heterocycles. The van der Waals surface area contributed by atoms with Gasteiger partial charge in [0, 0.05) is 25.2 Å². The molecule has 3 rings (SSSR count). The summed E-state index contributed by atoms with van der Waals surface area (Å²) < 4.78 is 38.6. The van der Waals surface area contributed by atoms with Crippen LogP contribution < -0.4 is 10.6 Å². The molecule has 0 saturated carbocycles. The molecule has 0 aromatic heterocycles. The molecule has 1 heterocycles. The van der Waals surface area contributed by atoms with Gasteiger partial charge < -0.3 is 10.6 Å². The lowest BCUT2D eigenvalue weighted by Gasteiger charge is -2.40. The number of alkyl halides is 3. The van der Waals surface area contributed by atoms with Gasteiger partial charge in [-0.15, -0.1) is 0 Å². The summed E-state index contributed by atoms with van der Waals surface area (Å²) in [4.78, 5) is 37.3. The van der Waals surface area contributed by atoms with Crippen LogP contribution in [0.15, 0.2) is 42.5 Å². The maximum atomic E-state index is 12.3. The summed E-state index contributed by atoms with van der Waals surface area (Å²) in [6, 6.07) is 15.2. The number of nitrogens with zero attached hydrogens (tertiary/aromatic N) is 2. The summed E-state index contributed by atoms with van der Waals surface area (Å²) in [5.74, 6) is -3.31. The molecule has 1 fully saturated rings. The van der Waals surface area contributed by atoms with Crippen molar-refractivity contribution in [1.29, 1.82) is 0 Å². The van der Waals surface area contributed by atoms with E-state index in [1.165, 1.54) is 28.3 Å². The highest BCUT2D eigenvalue weighted by Gasteiger charge is 2.38. The number of Topliss-reactive ketones (excluding diaryl/α,β-unsaturated/α-hetero) is 1. The summed E-state index contributed by atoms with van der Waals surface area (Å²) >= 11 is 1.45. The Morgan fingerprint density at radius 2 is 1.67 bits per heavy atom. The zero-order valence-corrected chi connectivity index (χ0v) is 21.1. The number of benzene rings is 2. The van der Waals surface area contributed by atoms with E-state index in [4.69, 9.17) is 0 Å². The molecular weight excluding hydrogens is 493 g/mol. The van der Waals surface area contributed by atoms with Crippen molar-refractivity contribution >= 4 is 40.3 Å². The van der Waals surface area contributed by atoms with Crippen molar-refractivity contribution in [2.45, 2.75) is 38.0 Å². The third-order valence-corrected chi connectivity index (χ3v) is 7.37. The number of halogens is 3. The van der Waals surface area contributed by atoms with E-state index >= 15 is 0 Å². The first-order valence-corrected chi connectivity index (χ1v) is 12.9. The van der Waals surface area contributed by atoms with Crippen LogP contribution in [-0.2, 0) is 14.4 Å². The average molecular weight is 525 g/mol. The van der Waals surface area contributed by atoms with Crippen LogP contribution in [0.5, 0.6) is 0 Å². The van der Waals surface area contributed by atoms with Crippen LogP contribution in [0.2, 0.25) is 0 Å². The molecule has 2 aromatic rings. The van der Waals surface area contributed by atoms with Crippen molar-refractivity contribution < 1.29 is 27.6 Å². The summed E-state index contributed by atoms with van der Waals surface area (Å²) in [7, 11) is 0.